The Bertz CT molecular complexity index is 449. The van der Waals surface area contributed by atoms with E-state index >= 15 is 0 Å². The highest BCUT2D eigenvalue weighted by Gasteiger charge is 2.28. The lowest BCUT2D eigenvalue weighted by Crippen LogP contribution is -2.44. The minimum atomic E-state index is -0.645. The summed E-state index contributed by atoms with van der Waals surface area (Å²) in [6.07, 6.45) is 5.08. The summed E-state index contributed by atoms with van der Waals surface area (Å²) in [5.74, 6) is 0.0993. The number of aliphatic carboxylic acids is 1. The van der Waals surface area contributed by atoms with Gasteiger partial charge < -0.3 is 9.84 Å². The molecule has 1 aliphatic heterocycles. The molecule has 2 rings (SSSR count). The molecule has 1 saturated heterocycles. The van der Waals surface area contributed by atoms with Crippen LogP contribution >= 0.6 is 0 Å². The van der Waals surface area contributed by atoms with Gasteiger partial charge in [0.1, 0.15) is 5.75 Å². The number of carbonyl (C=O) groups is 1. The number of hydrogen-bond donors (Lipinski definition) is 1. The predicted molar refractivity (Wildman–Crippen MR) is 87.2 cm³/mol. The minimum absolute atomic E-state index is 0.183. The SMILES string of the molecule is CC1CCC(C(=O)O)CN1CCCCCOc1ccccc1. The molecule has 2 atom stereocenters. The number of rotatable bonds is 8. The second-order valence-corrected chi connectivity index (χ2v) is 6.18. The lowest BCUT2D eigenvalue weighted by atomic mass is 9.93. The molecular formula is C18H27NO3. The van der Waals surface area contributed by atoms with Gasteiger partial charge in [-0.3, -0.25) is 9.69 Å². The maximum Gasteiger partial charge on any atom is 0.307 e. The van der Waals surface area contributed by atoms with Crippen LogP contribution in [0.1, 0.15) is 39.0 Å². The monoisotopic (exact) mass is 305 g/mol. The van der Waals surface area contributed by atoms with Crippen molar-refractivity contribution in [1.29, 1.82) is 0 Å². The molecule has 22 heavy (non-hydrogen) atoms. The van der Waals surface area contributed by atoms with E-state index in [9.17, 15) is 4.79 Å². The van der Waals surface area contributed by atoms with Crippen molar-refractivity contribution in [3.8, 4) is 5.75 Å². The Hall–Kier alpha value is -1.55. The number of unbranched alkanes of at least 4 members (excludes halogenated alkanes) is 2. The van der Waals surface area contributed by atoms with E-state index in [1.165, 1.54) is 0 Å². The zero-order valence-corrected chi connectivity index (χ0v) is 13.4. The first-order chi connectivity index (χ1) is 10.7. The van der Waals surface area contributed by atoms with Crippen molar-refractivity contribution in [2.24, 2.45) is 5.92 Å². The number of likely N-dealkylation sites (tertiary alicyclic amines) is 1. The number of para-hydroxylation sites is 1. The number of carboxylic acids is 1. The lowest BCUT2D eigenvalue weighted by Gasteiger charge is -2.36. The van der Waals surface area contributed by atoms with Crippen molar-refractivity contribution >= 4 is 5.97 Å². The molecule has 0 bridgehead atoms. The summed E-state index contributed by atoms with van der Waals surface area (Å²) in [6, 6.07) is 10.4. The largest absolute Gasteiger partial charge is 0.494 e. The fraction of sp³-hybridized carbons (Fsp3) is 0.611. The van der Waals surface area contributed by atoms with Gasteiger partial charge in [0.15, 0.2) is 0 Å². The Morgan fingerprint density at radius 1 is 1.23 bits per heavy atom. The van der Waals surface area contributed by atoms with Gasteiger partial charge in [0.2, 0.25) is 0 Å². The molecule has 1 N–H and O–H groups in total. The van der Waals surface area contributed by atoms with Crippen LogP contribution in [-0.4, -0.2) is 41.7 Å². The normalized spacial score (nSPS) is 22.4. The van der Waals surface area contributed by atoms with E-state index in [1.54, 1.807) is 0 Å². The van der Waals surface area contributed by atoms with Gasteiger partial charge in [-0.2, -0.15) is 0 Å². The molecule has 0 radical (unpaired) electrons. The summed E-state index contributed by atoms with van der Waals surface area (Å²) in [4.78, 5) is 13.4. The topological polar surface area (TPSA) is 49.8 Å². The first-order valence-corrected chi connectivity index (χ1v) is 8.31. The fourth-order valence-corrected chi connectivity index (χ4v) is 2.99. The molecular weight excluding hydrogens is 278 g/mol. The number of piperidine rings is 1. The molecule has 1 aromatic carbocycles. The number of ether oxygens (including phenoxy) is 1. The molecule has 0 saturated carbocycles. The Balaban J connectivity index is 1.58. The van der Waals surface area contributed by atoms with Gasteiger partial charge in [-0.1, -0.05) is 18.2 Å². The zero-order chi connectivity index (χ0) is 15.8. The standard InChI is InChI=1S/C18H27NO3/c1-15-10-11-16(18(20)21)14-19(15)12-6-3-7-13-22-17-8-4-2-5-9-17/h2,4-5,8-9,15-16H,3,6-7,10-14H2,1H3,(H,20,21). The highest BCUT2D eigenvalue weighted by molar-refractivity contribution is 5.70. The fourth-order valence-electron chi connectivity index (χ4n) is 2.99. The molecule has 0 spiro atoms. The summed E-state index contributed by atoms with van der Waals surface area (Å²) in [6.45, 7) is 4.65. The smallest absolute Gasteiger partial charge is 0.307 e. The van der Waals surface area contributed by atoms with Gasteiger partial charge in [0.25, 0.3) is 0 Å². The highest BCUT2D eigenvalue weighted by atomic mass is 16.5. The summed E-state index contributed by atoms with van der Waals surface area (Å²) < 4.78 is 5.68. The molecule has 1 heterocycles. The third-order valence-electron chi connectivity index (χ3n) is 4.46. The zero-order valence-electron chi connectivity index (χ0n) is 13.4. The van der Waals surface area contributed by atoms with Crippen molar-refractivity contribution < 1.29 is 14.6 Å². The maximum absolute atomic E-state index is 11.1. The molecule has 122 valence electrons. The van der Waals surface area contributed by atoms with Crippen molar-refractivity contribution in [3.05, 3.63) is 30.3 Å². The van der Waals surface area contributed by atoms with Crippen molar-refractivity contribution in [3.63, 3.8) is 0 Å². The van der Waals surface area contributed by atoms with E-state index in [4.69, 9.17) is 9.84 Å². The van der Waals surface area contributed by atoms with Crippen molar-refractivity contribution in [1.82, 2.24) is 4.90 Å². The van der Waals surface area contributed by atoms with Crippen LogP contribution in [0.3, 0.4) is 0 Å². The van der Waals surface area contributed by atoms with Gasteiger partial charge in [-0.05, 0) is 57.7 Å². The van der Waals surface area contributed by atoms with Crippen LogP contribution in [0.5, 0.6) is 5.75 Å². The quantitative estimate of drug-likeness (QED) is 0.748. The Kier molecular flexibility index (Phi) is 6.72. The number of hydrogen-bond acceptors (Lipinski definition) is 3. The first-order valence-electron chi connectivity index (χ1n) is 8.31. The number of nitrogens with zero attached hydrogens (tertiary/aromatic N) is 1. The van der Waals surface area contributed by atoms with Crippen molar-refractivity contribution in [2.75, 3.05) is 19.7 Å². The average molecular weight is 305 g/mol. The van der Waals surface area contributed by atoms with Gasteiger partial charge in [0.05, 0.1) is 12.5 Å². The molecule has 1 aliphatic rings. The average Bonchev–Trinajstić information content (AvgIpc) is 2.53. The summed E-state index contributed by atoms with van der Waals surface area (Å²) in [5, 5.41) is 9.15. The maximum atomic E-state index is 11.1. The third-order valence-corrected chi connectivity index (χ3v) is 4.46. The van der Waals surface area contributed by atoms with Crippen molar-refractivity contribution in [2.45, 2.75) is 45.1 Å². The molecule has 1 aromatic rings. The Morgan fingerprint density at radius 2 is 2.00 bits per heavy atom. The van der Waals surface area contributed by atoms with Crippen LogP contribution in [0.2, 0.25) is 0 Å². The predicted octanol–water partition coefficient (Wildman–Crippen LogP) is 3.42. The second kappa shape index (κ2) is 8.79. The molecule has 2 unspecified atom stereocenters. The molecule has 4 heteroatoms. The minimum Gasteiger partial charge on any atom is -0.494 e. The van der Waals surface area contributed by atoms with Crippen LogP contribution in [0, 0.1) is 5.92 Å². The van der Waals surface area contributed by atoms with Crippen LogP contribution in [0.15, 0.2) is 30.3 Å². The molecule has 1 fully saturated rings. The van der Waals surface area contributed by atoms with E-state index in [-0.39, 0.29) is 5.92 Å². The third kappa shape index (κ3) is 5.34. The second-order valence-electron chi connectivity index (χ2n) is 6.18. The summed E-state index contributed by atoms with van der Waals surface area (Å²) in [5.41, 5.74) is 0. The molecule has 0 aliphatic carbocycles. The molecule has 0 amide bonds. The van der Waals surface area contributed by atoms with Gasteiger partial charge in [0, 0.05) is 12.6 Å². The summed E-state index contributed by atoms with van der Waals surface area (Å²) in [7, 11) is 0. The molecule has 0 aromatic heterocycles. The summed E-state index contributed by atoms with van der Waals surface area (Å²) >= 11 is 0. The van der Waals surface area contributed by atoms with Gasteiger partial charge >= 0.3 is 5.97 Å². The van der Waals surface area contributed by atoms with E-state index < -0.39 is 5.97 Å². The molecule has 4 nitrogen and oxygen atoms in total. The van der Waals surface area contributed by atoms with E-state index in [0.29, 0.717) is 12.6 Å². The van der Waals surface area contributed by atoms with E-state index in [2.05, 4.69) is 11.8 Å². The number of carboxylic acid groups (broad SMARTS) is 1. The lowest BCUT2D eigenvalue weighted by molar-refractivity contribution is -0.144. The Morgan fingerprint density at radius 3 is 2.73 bits per heavy atom. The van der Waals surface area contributed by atoms with Gasteiger partial charge in [-0.15, -0.1) is 0 Å². The highest BCUT2D eigenvalue weighted by Crippen LogP contribution is 2.22. The van der Waals surface area contributed by atoms with Crippen LogP contribution in [0.25, 0.3) is 0 Å². The van der Waals surface area contributed by atoms with Gasteiger partial charge in [-0.25, -0.2) is 0 Å². The Labute approximate surface area is 133 Å². The van der Waals surface area contributed by atoms with Crippen LogP contribution in [-0.2, 0) is 4.79 Å². The van der Waals surface area contributed by atoms with Crippen LogP contribution in [0.4, 0.5) is 0 Å². The van der Waals surface area contributed by atoms with E-state index in [1.807, 2.05) is 30.3 Å². The van der Waals surface area contributed by atoms with Crippen LogP contribution < -0.4 is 4.74 Å². The first kappa shape index (κ1) is 16.8. The number of benzene rings is 1. The van der Waals surface area contributed by atoms with E-state index in [0.717, 1.165) is 51.0 Å².